The molecule has 0 saturated heterocycles. The number of nitrogens with zero attached hydrogens (tertiary/aromatic N) is 5. The van der Waals surface area contributed by atoms with Crippen molar-refractivity contribution >= 4 is 21.6 Å². The number of carbonyl (C=O) groups is 1. The average molecular weight is 615 g/mol. The molecule has 0 bridgehead atoms. The number of hydrogen-bond acceptors (Lipinski definition) is 6. The van der Waals surface area contributed by atoms with Gasteiger partial charge in [-0.3, -0.25) is 18.7 Å². The van der Waals surface area contributed by atoms with E-state index in [1.807, 2.05) is 4.72 Å². The summed E-state index contributed by atoms with van der Waals surface area (Å²) in [6.07, 6.45) is -3.82. The Kier molecular flexibility index (Phi) is 7.71. The minimum absolute atomic E-state index is 0.189. The van der Waals surface area contributed by atoms with E-state index >= 15 is 0 Å². The van der Waals surface area contributed by atoms with Crippen LogP contribution in [0.2, 0.25) is 0 Å². The van der Waals surface area contributed by atoms with Gasteiger partial charge in [0.15, 0.2) is 5.69 Å². The number of rotatable bonds is 5. The lowest BCUT2D eigenvalue weighted by atomic mass is 9.96. The van der Waals surface area contributed by atoms with Crippen LogP contribution in [-0.2, 0) is 28.0 Å². The molecule has 4 aromatic rings. The van der Waals surface area contributed by atoms with E-state index in [1.54, 1.807) is 0 Å². The molecule has 0 fully saturated rings. The zero-order chi connectivity index (χ0) is 32.1. The maximum absolute atomic E-state index is 13.7. The van der Waals surface area contributed by atoms with Gasteiger partial charge < -0.3 is 0 Å². The Labute approximate surface area is 243 Å². The summed E-state index contributed by atoms with van der Waals surface area (Å²) in [5, 5.41) is 4.16. The third kappa shape index (κ3) is 5.73. The number of aromatic nitrogens is 4. The number of alkyl halides is 3. The summed E-state index contributed by atoms with van der Waals surface area (Å²) in [7, 11) is -3.60. The van der Waals surface area contributed by atoms with Crippen LogP contribution in [0.1, 0.15) is 32.0 Å². The van der Waals surface area contributed by atoms with Crippen LogP contribution in [0, 0.1) is 18.9 Å². The lowest BCUT2D eigenvalue weighted by Gasteiger charge is -2.20. The van der Waals surface area contributed by atoms with Crippen LogP contribution in [0.4, 0.5) is 18.9 Å². The predicted octanol–water partition coefficient (Wildman–Crippen LogP) is 4.12. The predicted molar refractivity (Wildman–Crippen MR) is 151 cm³/mol. The van der Waals surface area contributed by atoms with Crippen molar-refractivity contribution in [1.29, 1.82) is 0 Å². The number of sulfonamides is 1. The fraction of sp³-hybridized carbons (Fsp3) is 0.250. The number of nitrogens with one attached hydrogen (secondary N) is 1. The van der Waals surface area contributed by atoms with Crippen molar-refractivity contribution in [3.63, 3.8) is 0 Å². The van der Waals surface area contributed by atoms with Crippen LogP contribution in [0.3, 0.4) is 0 Å². The quantitative estimate of drug-likeness (QED) is 0.337. The Balaban J connectivity index is 2.11. The van der Waals surface area contributed by atoms with Crippen molar-refractivity contribution in [2.24, 2.45) is 12.5 Å². The van der Waals surface area contributed by atoms with Crippen molar-refractivity contribution < 1.29 is 26.4 Å². The van der Waals surface area contributed by atoms with Crippen LogP contribution in [-0.4, -0.2) is 33.2 Å². The second kappa shape index (κ2) is 10.7. The fourth-order valence-corrected chi connectivity index (χ4v) is 5.46. The molecule has 0 radical (unpaired) electrons. The highest BCUT2D eigenvalue weighted by molar-refractivity contribution is 7.90. The molecule has 0 atom stereocenters. The first kappa shape index (κ1) is 31.0. The molecule has 0 unspecified atom stereocenters. The molecular weight excluding hydrogens is 589 g/mol. The molecule has 0 aliphatic carbocycles. The van der Waals surface area contributed by atoms with E-state index in [-0.39, 0.29) is 34.0 Å². The molecule has 15 heteroatoms. The largest absolute Gasteiger partial charge is 0.416 e. The Morgan fingerprint density at radius 3 is 2.21 bits per heavy atom. The number of benzene rings is 2. The molecule has 2 aromatic carbocycles. The second-order valence-corrected chi connectivity index (χ2v) is 12.2. The van der Waals surface area contributed by atoms with Crippen LogP contribution < -0.4 is 16.0 Å². The number of hydrogen-bond donors (Lipinski definition) is 1. The van der Waals surface area contributed by atoms with Crippen molar-refractivity contribution in [3.05, 3.63) is 98.2 Å². The van der Waals surface area contributed by atoms with E-state index in [0.717, 1.165) is 40.7 Å². The molecule has 2 aromatic heterocycles. The van der Waals surface area contributed by atoms with Crippen LogP contribution in [0.5, 0.6) is 0 Å². The molecular formula is C28H25F3N6O5S. The summed E-state index contributed by atoms with van der Waals surface area (Å²) in [5.41, 5.74) is -4.81. The summed E-state index contributed by atoms with van der Waals surface area (Å²) >= 11 is 0. The molecule has 2 heterocycles. The highest BCUT2D eigenvalue weighted by Crippen LogP contribution is 2.33. The molecule has 0 aliphatic rings. The van der Waals surface area contributed by atoms with Gasteiger partial charge in [-0.2, -0.15) is 18.3 Å². The van der Waals surface area contributed by atoms with E-state index in [2.05, 4.69) is 9.94 Å². The highest BCUT2D eigenvalue weighted by Gasteiger charge is 2.34. The molecule has 43 heavy (non-hydrogen) atoms. The molecule has 4 rings (SSSR count). The van der Waals surface area contributed by atoms with E-state index in [4.69, 9.17) is 6.57 Å². The van der Waals surface area contributed by atoms with Crippen molar-refractivity contribution in [2.75, 3.05) is 0 Å². The zero-order valence-electron chi connectivity index (χ0n) is 23.5. The first-order chi connectivity index (χ1) is 19.9. The topological polar surface area (TPSA) is 129 Å². The Bertz CT molecular complexity index is 2030. The summed E-state index contributed by atoms with van der Waals surface area (Å²) in [4.78, 5) is 42.3. The maximum atomic E-state index is 13.7. The normalized spacial score (nSPS) is 12.2. The van der Waals surface area contributed by atoms with Gasteiger partial charge in [-0.15, -0.1) is 0 Å². The molecule has 0 spiro atoms. The minimum atomic E-state index is -4.74. The van der Waals surface area contributed by atoms with E-state index in [9.17, 15) is 36.0 Å². The summed E-state index contributed by atoms with van der Waals surface area (Å²) in [6.45, 7) is 12.9. The first-order valence-electron chi connectivity index (χ1n) is 12.5. The van der Waals surface area contributed by atoms with Gasteiger partial charge in [0.2, 0.25) is 5.91 Å². The van der Waals surface area contributed by atoms with Gasteiger partial charge in [-0.1, -0.05) is 39.0 Å². The molecule has 0 saturated carbocycles. The van der Waals surface area contributed by atoms with Gasteiger partial charge in [0.05, 0.1) is 35.3 Å². The number of carbonyl (C=O) groups excluding carboxylic acids is 1. The van der Waals surface area contributed by atoms with Crippen LogP contribution in [0.15, 0.2) is 69.2 Å². The molecule has 11 nitrogen and oxygen atoms in total. The van der Waals surface area contributed by atoms with Crippen molar-refractivity contribution in [3.8, 4) is 22.6 Å². The summed E-state index contributed by atoms with van der Waals surface area (Å²) in [5.74, 6) is -0.855. The lowest BCUT2D eigenvalue weighted by molar-refractivity contribution is -0.137. The van der Waals surface area contributed by atoms with E-state index in [1.165, 1.54) is 58.0 Å². The van der Waals surface area contributed by atoms with Gasteiger partial charge in [0.1, 0.15) is 10.6 Å². The van der Waals surface area contributed by atoms with Gasteiger partial charge in [0.25, 0.3) is 15.6 Å². The number of halogens is 3. The van der Waals surface area contributed by atoms with Gasteiger partial charge in [-0.05, 0) is 37.3 Å². The molecule has 1 N–H and O–H groups in total. The molecule has 0 aliphatic heterocycles. The van der Waals surface area contributed by atoms with E-state index in [0.29, 0.717) is 4.57 Å². The Morgan fingerprint density at radius 2 is 1.65 bits per heavy atom. The monoisotopic (exact) mass is 614 g/mol. The van der Waals surface area contributed by atoms with Gasteiger partial charge >= 0.3 is 11.9 Å². The van der Waals surface area contributed by atoms with Gasteiger partial charge in [0, 0.05) is 18.2 Å². The molecule has 1 amide bonds. The average Bonchev–Trinajstić information content (AvgIpc) is 3.37. The third-order valence-corrected chi connectivity index (χ3v) is 7.85. The zero-order valence-corrected chi connectivity index (χ0v) is 24.3. The Morgan fingerprint density at radius 1 is 1.02 bits per heavy atom. The first-order valence-corrected chi connectivity index (χ1v) is 14.0. The third-order valence-electron chi connectivity index (χ3n) is 6.52. The highest BCUT2D eigenvalue weighted by atomic mass is 32.2. The van der Waals surface area contributed by atoms with Crippen molar-refractivity contribution in [2.45, 2.75) is 38.8 Å². The van der Waals surface area contributed by atoms with Crippen LogP contribution >= 0.6 is 0 Å². The SMILES string of the molecule is [C-]#[N+]c1ccc(-n2ncc(S(=O)(=O)NC(=O)C(C)(C)C)c2-c2c(C)n(-c3cccc(C(F)(F)F)c3)c(=O)n(C)c2=O)cc1. The van der Waals surface area contributed by atoms with E-state index < -0.39 is 49.2 Å². The fourth-order valence-electron chi connectivity index (χ4n) is 4.17. The summed E-state index contributed by atoms with van der Waals surface area (Å²) < 4.78 is 72.3. The minimum Gasteiger partial charge on any atom is -0.273 e. The van der Waals surface area contributed by atoms with Crippen LogP contribution in [0.25, 0.3) is 27.5 Å². The smallest absolute Gasteiger partial charge is 0.273 e. The maximum Gasteiger partial charge on any atom is 0.416 e. The van der Waals surface area contributed by atoms with Gasteiger partial charge in [-0.25, -0.2) is 27.5 Å². The second-order valence-electron chi connectivity index (χ2n) is 10.6. The Hall–Kier alpha value is -4.97. The van der Waals surface area contributed by atoms with Crippen molar-refractivity contribution in [1.82, 2.24) is 23.6 Å². The standard InChI is InChI=1S/C28H25F3N6O5S/c1-16-22(24(38)35(6)26(40)36(16)20-9-7-8-17(14-20)28(29,30)31)23-21(43(41,42)34-25(39)27(2,3)4)15-33-37(23)19-12-10-18(32-5)11-13-19/h7-15H,1-4,6H3,(H,34,39). The summed E-state index contributed by atoms with van der Waals surface area (Å²) in [6, 6.07) is 9.61. The molecule has 224 valence electrons. The number of amides is 1. The lowest BCUT2D eigenvalue weighted by Crippen LogP contribution is -2.41.